The third-order valence-electron chi connectivity index (χ3n) is 3.71. The van der Waals surface area contributed by atoms with Crippen molar-refractivity contribution in [2.45, 2.75) is 19.9 Å². The predicted octanol–water partition coefficient (Wildman–Crippen LogP) is 2.21. The number of carbonyl (C=O) groups excluding carboxylic acids is 2. The van der Waals surface area contributed by atoms with Gasteiger partial charge in [-0.3, -0.25) is 19.0 Å². The number of nitrogens with zero attached hydrogens (tertiary/aromatic N) is 4. The van der Waals surface area contributed by atoms with Crippen LogP contribution in [0.4, 0.5) is 11.4 Å². The minimum atomic E-state index is -0.281. The van der Waals surface area contributed by atoms with E-state index in [-0.39, 0.29) is 11.8 Å². The zero-order valence-corrected chi connectivity index (χ0v) is 14.6. The van der Waals surface area contributed by atoms with Gasteiger partial charge in [0.1, 0.15) is 0 Å². The van der Waals surface area contributed by atoms with Crippen molar-refractivity contribution >= 4 is 23.2 Å². The van der Waals surface area contributed by atoms with Gasteiger partial charge in [-0.15, -0.1) is 0 Å². The highest BCUT2D eigenvalue weighted by atomic mass is 16.2. The largest absolute Gasteiger partial charge is 0.326 e. The van der Waals surface area contributed by atoms with E-state index in [2.05, 4.69) is 20.8 Å². The molecular weight excluding hydrogens is 332 g/mol. The van der Waals surface area contributed by atoms with Crippen LogP contribution in [0.3, 0.4) is 0 Å². The Kier molecular flexibility index (Phi) is 5.12. The monoisotopic (exact) mass is 352 g/mol. The summed E-state index contributed by atoms with van der Waals surface area (Å²) in [6.07, 6.45) is 3.89. The summed E-state index contributed by atoms with van der Waals surface area (Å²) >= 11 is 0. The SMILES string of the molecule is Cc1ccn(CCC(=O)Nc2ccc(NC(=O)c3ccn(C)n3)cc2)n1. The maximum absolute atomic E-state index is 12.0. The Morgan fingerprint density at radius 1 is 0.962 bits per heavy atom. The number of amides is 2. The van der Waals surface area contributed by atoms with Crippen molar-refractivity contribution in [1.82, 2.24) is 19.6 Å². The number of aromatic nitrogens is 4. The van der Waals surface area contributed by atoms with Crippen molar-refractivity contribution in [3.8, 4) is 0 Å². The van der Waals surface area contributed by atoms with Gasteiger partial charge in [-0.1, -0.05) is 0 Å². The molecule has 8 heteroatoms. The molecule has 0 radical (unpaired) electrons. The summed E-state index contributed by atoms with van der Waals surface area (Å²) in [6.45, 7) is 2.43. The standard InChI is InChI=1S/C18H20N6O2/c1-13-7-11-24(21-13)12-9-17(25)19-14-3-5-15(6-4-14)20-18(26)16-8-10-23(2)22-16/h3-8,10-11H,9,12H2,1-2H3,(H,19,25)(H,20,26). The third kappa shape index (κ3) is 4.56. The lowest BCUT2D eigenvalue weighted by Gasteiger charge is -2.07. The first-order chi connectivity index (χ1) is 12.5. The fourth-order valence-corrected chi connectivity index (χ4v) is 2.40. The Balaban J connectivity index is 1.50. The highest BCUT2D eigenvalue weighted by Gasteiger charge is 2.09. The van der Waals surface area contributed by atoms with E-state index in [1.54, 1.807) is 52.9 Å². The molecule has 0 bridgehead atoms. The van der Waals surface area contributed by atoms with Crippen LogP contribution in [-0.4, -0.2) is 31.4 Å². The quantitative estimate of drug-likeness (QED) is 0.711. The molecule has 0 saturated carbocycles. The third-order valence-corrected chi connectivity index (χ3v) is 3.71. The van der Waals surface area contributed by atoms with Gasteiger partial charge in [0, 0.05) is 43.8 Å². The number of carbonyl (C=O) groups is 2. The van der Waals surface area contributed by atoms with Gasteiger partial charge in [0.05, 0.1) is 5.69 Å². The molecule has 2 aromatic heterocycles. The lowest BCUT2D eigenvalue weighted by molar-refractivity contribution is -0.116. The molecule has 2 amide bonds. The lowest BCUT2D eigenvalue weighted by atomic mass is 10.2. The fourth-order valence-electron chi connectivity index (χ4n) is 2.40. The first-order valence-corrected chi connectivity index (χ1v) is 8.20. The van der Waals surface area contributed by atoms with E-state index in [4.69, 9.17) is 0 Å². The number of anilines is 2. The van der Waals surface area contributed by atoms with Crippen LogP contribution in [-0.2, 0) is 18.4 Å². The van der Waals surface area contributed by atoms with E-state index in [1.165, 1.54) is 0 Å². The number of rotatable bonds is 6. The van der Waals surface area contributed by atoms with Crippen molar-refractivity contribution in [2.24, 2.45) is 7.05 Å². The molecule has 3 aromatic rings. The zero-order chi connectivity index (χ0) is 18.5. The second-order valence-electron chi connectivity index (χ2n) is 5.92. The number of hydrogen-bond acceptors (Lipinski definition) is 4. The smallest absolute Gasteiger partial charge is 0.276 e. The van der Waals surface area contributed by atoms with Crippen LogP contribution in [0.2, 0.25) is 0 Å². The maximum atomic E-state index is 12.0. The minimum Gasteiger partial charge on any atom is -0.326 e. The summed E-state index contributed by atoms with van der Waals surface area (Å²) in [7, 11) is 1.75. The lowest BCUT2D eigenvalue weighted by Crippen LogP contribution is -2.15. The molecule has 2 N–H and O–H groups in total. The topological polar surface area (TPSA) is 93.8 Å². The van der Waals surface area contributed by atoms with Gasteiger partial charge < -0.3 is 10.6 Å². The fraction of sp³-hybridized carbons (Fsp3) is 0.222. The van der Waals surface area contributed by atoms with E-state index in [0.29, 0.717) is 30.0 Å². The zero-order valence-electron chi connectivity index (χ0n) is 14.6. The van der Waals surface area contributed by atoms with Crippen LogP contribution >= 0.6 is 0 Å². The second kappa shape index (κ2) is 7.64. The van der Waals surface area contributed by atoms with Crippen LogP contribution in [0.25, 0.3) is 0 Å². The van der Waals surface area contributed by atoms with Crippen LogP contribution in [0.5, 0.6) is 0 Å². The van der Waals surface area contributed by atoms with Crippen LogP contribution in [0, 0.1) is 6.92 Å². The Morgan fingerprint density at radius 3 is 2.23 bits per heavy atom. The molecule has 0 saturated heterocycles. The van der Waals surface area contributed by atoms with Gasteiger partial charge in [0.25, 0.3) is 5.91 Å². The first kappa shape index (κ1) is 17.4. The molecule has 0 aliphatic heterocycles. The molecule has 0 aliphatic carbocycles. The summed E-state index contributed by atoms with van der Waals surface area (Å²) in [5.41, 5.74) is 2.57. The summed E-state index contributed by atoms with van der Waals surface area (Å²) in [5.74, 6) is -0.375. The van der Waals surface area contributed by atoms with Gasteiger partial charge in [0.15, 0.2) is 5.69 Å². The molecule has 3 rings (SSSR count). The van der Waals surface area contributed by atoms with Gasteiger partial charge in [-0.05, 0) is 43.3 Å². The molecule has 2 heterocycles. The summed E-state index contributed by atoms with van der Waals surface area (Å²) < 4.78 is 3.31. The molecule has 134 valence electrons. The molecule has 26 heavy (non-hydrogen) atoms. The number of nitrogens with one attached hydrogen (secondary N) is 2. The summed E-state index contributed by atoms with van der Waals surface area (Å²) in [5, 5.41) is 13.9. The summed E-state index contributed by atoms with van der Waals surface area (Å²) in [4.78, 5) is 24.1. The van der Waals surface area contributed by atoms with Gasteiger partial charge in [-0.2, -0.15) is 10.2 Å². The molecule has 0 aliphatic rings. The number of hydrogen-bond donors (Lipinski definition) is 2. The van der Waals surface area contributed by atoms with Gasteiger partial charge in [-0.25, -0.2) is 0 Å². The first-order valence-electron chi connectivity index (χ1n) is 8.20. The average Bonchev–Trinajstić information content (AvgIpc) is 3.23. The molecule has 0 unspecified atom stereocenters. The van der Waals surface area contributed by atoms with Crippen LogP contribution in [0.1, 0.15) is 22.6 Å². The van der Waals surface area contributed by atoms with Gasteiger partial charge >= 0.3 is 0 Å². The van der Waals surface area contributed by atoms with E-state index in [1.807, 2.05) is 19.2 Å². The summed E-state index contributed by atoms with van der Waals surface area (Å²) in [6, 6.07) is 10.5. The van der Waals surface area contributed by atoms with E-state index in [9.17, 15) is 9.59 Å². The van der Waals surface area contributed by atoms with Crippen molar-refractivity contribution in [1.29, 1.82) is 0 Å². The number of benzene rings is 1. The number of aryl methyl sites for hydroxylation is 3. The van der Waals surface area contributed by atoms with E-state index in [0.717, 1.165) is 5.69 Å². The van der Waals surface area contributed by atoms with Crippen LogP contribution in [0.15, 0.2) is 48.8 Å². The van der Waals surface area contributed by atoms with Crippen molar-refractivity contribution in [3.63, 3.8) is 0 Å². The Hall–Kier alpha value is -3.42. The Bertz CT molecular complexity index is 910. The molecular formula is C18H20N6O2. The van der Waals surface area contributed by atoms with Crippen LogP contribution < -0.4 is 10.6 Å². The van der Waals surface area contributed by atoms with Crippen molar-refractivity contribution in [2.75, 3.05) is 10.6 Å². The highest BCUT2D eigenvalue weighted by Crippen LogP contribution is 2.14. The maximum Gasteiger partial charge on any atom is 0.276 e. The molecule has 1 aromatic carbocycles. The van der Waals surface area contributed by atoms with E-state index < -0.39 is 0 Å². The van der Waals surface area contributed by atoms with Crippen molar-refractivity contribution in [3.05, 3.63) is 60.2 Å². The normalized spacial score (nSPS) is 10.5. The Labute approximate surface area is 150 Å². The minimum absolute atomic E-state index is 0.0941. The molecule has 0 atom stereocenters. The molecule has 0 spiro atoms. The van der Waals surface area contributed by atoms with Gasteiger partial charge in [0.2, 0.25) is 5.91 Å². The highest BCUT2D eigenvalue weighted by molar-refractivity contribution is 6.03. The van der Waals surface area contributed by atoms with E-state index >= 15 is 0 Å². The predicted molar refractivity (Wildman–Crippen MR) is 97.8 cm³/mol. The molecule has 0 fully saturated rings. The average molecular weight is 352 g/mol. The Morgan fingerprint density at radius 2 is 1.65 bits per heavy atom. The second-order valence-corrected chi connectivity index (χ2v) is 5.92. The van der Waals surface area contributed by atoms with Crippen molar-refractivity contribution < 1.29 is 9.59 Å². The molecule has 8 nitrogen and oxygen atoms in total.